The monoisotopic (exact) mass is 298 g/mol. The molecule has 2 rings (SSSR count). The first-order valence-electron chi connectivity index (χ1n) is 5.92. The minimum Gasteiger partial charge on any atom is -0.496 e. The zero-order valence-corrected chi connectivity index (χ0v) is 12.0. The van der Waals surface area contributed by atoms with Gasteiger partial charge in [0.1, 0.15) is 5.75 Å². The Bertz CT molecular complexity index is 376. The second-order valence-electron chi connectivity index (χ2n) is 4.55. The molecule has 0 N–H and O–H groups in total. The Hall–Kier alpha value is -0.580. The van der Waals surface area contributed by atoms with E-state index in [1.54, 1.807) is 7.11 Å². The maximum absolute atomic E-state index is 5.24. The van der Waals surface area contributed by atoms with Crippen LogP contribution in [0.2, 0.25) is 0 Å². The number of methoxy groups -OCH3 is 1. The summed E-state index contributed by atoms with van der Waals surface area (Å²) in [7, 11) is 3.88. The third-order valence-electron chi connectivity index (χ3n) is 3.22. The van der Waals surface area contributed by atoms with Crippen molar-refractivity contribution in [3.8, 4) is 5.75 Å². The molecule has 1 heterocycles. The van der Waals surface area contributed by atoms with Crippen LogP contribution < -0.4 is 4.74 Å². The number of likely N-dealkylation sites (N-methyl/N-ethyl adjacent to an activating group) is 1. The van der Waals surface area contributed by atoms with Crippen LogP contribution in [0.25, 0.3) is 0 Å². The van der Waals surface area contributed by atoms with Gasteiger partial charge in [-0.1, -0.05) is 6.07 Å². The van der Waals surface area contributed by atoms with E-state index in [1.165, 1.54) is 5.56 Å². The summed E-state index contributed by atoms with van der Waals surface area (Å²) in [5, 5.41) is 0. The van der Waals surface area contributed by atoms with Crippen LogP contribution in [-0.4, -0.2) is 50.1 Å². The van der Waals surface area contributed by atoms with E-state index in [-0.39, 0.29) is 0 Å². The van der Waals surface area contributed by atoms with Crippen molar-refractivity contribution in [1.82, 2.24) is 9.80 Å². The average Bonchev–Trinajstić information content (AvgIpc) is 2.32. The Labute approximate surface area is 111 Å². The minimum atomic E-state index is 0.895. The maximum atomic E-state index is 5.24. The van der Waals surface area contributed by atoms with Crippen molar-refractivity contribution in [2.45, 2.75) is 6.54 Å². The van der Waals surface area contributed by atoms with Crippen LogP contribution in [0.15, 0.2) is 22.7 Å². The Morgan fingerprint density at radius 3 is 2.53 bits per heavy atom. The van der Waals surface area contributed by atoms with Crippen molar-refractivity contribution in [1.29, 1.82) is 0 Å². The zero-order valence-electron chi connectivity index (χ0n) is 10.4. The summed E-state index contributed by atoms with van der Waals surface area (Å²) in [5.74, 6) is 0.895. The van der Waals surface area contributed by atoms with E-state index in [0.717, 1.165) is 42.9 Å². The predicted molar refractivity (Wildman–Crippen MR) is 73.5 cm³/mol. The van der Waals surface area contributed by atoms with E-state index in [4.69, 9.17) is 4.74 Å². The minimum absolute atomic E-state index is 0.895. The highest BCUT2D eigenvalue weighted by Gasteiger charge is 2.14. The van der Waals surface area contributed by atoms with Crippen LogP contribution in [0.5, 0.6) is 5.75 Å². The molecule has 1 fully saturated rings. The van der Waals surface area contributed by atoms with Crippen molar-refractivity contribution in [2.75, 3.05) is 40.3 Å². The number of hydrogen-bond acceptors (Lipinski definition) is 3. The summed E-state index contributed by atoms with van der Waals surface area (Å²) in [4.78, 5) is 4.87. The van der Waals surface area contributed by atoms with Gasteiger partial charge in [-0.05, 0) is 40.7 Å². The van der Waals surface area contributed by atoms with E-state index in [2.05, 4.69) is 44.9 Å². The molecule has 1 aliphatic rings. The van der Waals surface area contributed by atoms with Crippen molar-refractivity contribution < 1.29 is 4.74 Å². The number of piperazine rings is 1. The molecule has 0 amide bonds. The molecule has 0 saturated carbocycles. The quantitative estimate of drug-likeness (QED) is 0.851. The lowest BCUT2D eigenvalue weighted by atomic mass is 10.2. The van der Waals surface area contributed by atoms with Gasteiger partial charge in [-0.25, -0.2) is 0 Å². The SMILES string of the molecule is COc1ccc(CN2CCN(C)CC2)cc1Br. The van der Waals surface area contributed by atoms with Gasteiger partial charge < -0.3 is 9.64 Å². The lowest BCUT2D eigenvalue weighted by Crippen LogP contribution is -2.43. The smallest absolute Gasteiger partial charge is 0.133 e. The molecule has 0 bridgehead atoms. The zero-order chi connectivity index (χ0) is 12.3. The first-order chi connectivity index (χ1) is 8.19. The Kier molecular flexibility index (Phi) is 4.42. The molecule has 1 aromatic carbocycles. The number of benzene rings is 1. The highest BCUT2D eigenvalue weighted by molar-refractivity contribution is 9.10. The molecule has 0 unspecified atom stereocenters. The van der Waals surface area contributed by atoms with Crippen LogP contribution in [0, 0.1) is 0 Å². The third kappa shape index (κ3) is 3.44. The lowest BCUT2D eigenvalue weighted by Gasteiger charge is -2.32. The molecule has 94 valence electrons. The second kappa shape index (κ2) is 5.85. The van der Waals surface area contributed by atoms with E-state index in [1.807, 2.05) is 6.07 Å². The van der Waals surface area contributed by atoms with Crippen LogP contribution in [0.3, 0.4) is 0 Å². The van der Waals surface area contributed by atoms with Gasteiger partial charge in [-0.2, -0.15) is 0 Å². The van der Waals surface area contributed by atoms with Gasteiger partial charge in [0.05, 0.1) is 11.6 Å². The molecule has 0 radical (unpaired) electrons. The first-order valence-corrected chi connectivity index (χ1v) is 6.71. The molecule has 4 heteroatoms. The number of hydrogen-bond donors (Lipinski definition) is 0. The summed E-state index contributed by atoms with van der Waals surface area (Å²) in [6.07, 6.45) is 0. The third-order valence-corrected chi connectivity index (χ3v) is 3.84. The van der Waals surface area contributed by atoms with Crippen molar-refractivity contribution in [2.24, 2.45) is 0 Å². The molecule has 17 heavy (non-hydrogen) atoms. The molecule has 0 atom stereocenters. The van der Waals surface area contributed by atoms with E-state index in [0.29, 0.717) is 0 Å². The summed E-state index contributed by atoms with van der Waals surface area (Å²) < 4.78 is 6.27. The predicted octanol–water partition coefficient (Wildman–Crippen LogP) is 2.21. The summed E-state index contributed by atoms with van der Waals surface area (Å²) in [6, 6.07) is 6.31. The summed E-state index contributed by atoms with van der Waals surface area (Å²) >= 11 is 3.53. The molecule has 3 nitrogen and oxygen atoms in total. The van der Waals surface area contributed by atoms with Gasteiger partial charge in [0.2, 0.25) is 0 Å². The van der Waals surface area contributed by atoms with E-state index in [9.17, 15) is 0 Å². The van der Waals surface area contributed by atoms with Gasteiger partial charge in [0.15, 0.2) is 0 Å². The molecular weight excluding hydrogens is 280 g/mol. The van der Waals surface area contributed by atoms with Crippen LogP contribution in [0.1, 0.15) is 5.56 Å². The Morgan fingerprint density at radius 2 is 1.94 bits per heavy atom. The molecule has 1 aromatic rings. The molecular formula is C13H19BrN2O. The average molecular weight is 299 g/mol. The molecule has 1 aliphatic heterocycles. The number of ether oxygens (including phenoxy) is 1. The summed E-state index contributed by atoms with van der Waals surface area (Å²) in [5.41, 5.74) is 1.34. The molecule has 0 aromatic heterocycles. The fourth-order valence-corrected chi connectivity index (χ4v) is 2.66. The highest BCUT2D eigenvalue weighted by Crippen LogP contribution is 2.26. The number of halogens is 1. The largest absolute Gasteiger partial charge is 0.496 e. The van der Waals surface area contributed by atoms with Crippen LogP contribution in [-0.2, 0) is 6.54 Å². The standard InChI is InChI=1S/C13H19BrN2O/c1-15-5-7-16(8-6-15)10-11-3-4-13(17-2)12(14)9-11/h3-4,9H,5-8,10H2,1-2H3. The van der Waals surface area contributed by atoms with Crippen molar-refractivity contribution in [3.63, 3.8) is 0 Å². The second-order valence-corrected chi connectivity index (χ2v) is 5.40. The van der Waals surface area contributed by atoms with Gasteiger partial charge in [0, 0.05) is 32.7 Å². The molecule has 0 aliphatic carbocycles. The molecule has 0 spiro atoms. The lowest BCUT2D eigenvalue weighted by molar-refractivity contribution is 0.148. The first kappa shape index (κ1) is 12.9. The fraction of sp³-hybridized carbons (Fsp3) is 0.538. The topological polar surface area (TPSA) is 15.7 Å². The van der Waals surface area contributed by atoms with Crippen molar-refractivity contribution >= 4 is 15.9 Å². The highest BCUT2D eigenvalue weighted by atomic mass is 79.9. The maximum Gasteiger partial charge on any atom is 0.133 e. The number of rotatable bonds is 3. The van der Waals surface area contributed by atoms with Crippen LogP contribution >= 0.6 is 15.9 Å². The van der Waals surface area contributed by atoms with Gasteiger partial charge in [0.25, 0.3) is 0 Å². The molecule has 1 saturated heterocycles. The number of nitrogens with zero attached hydrogens (tertiary/aromatic N) is 2. The Balaban J connectivity index is 1.97. The van der Waals surface area contributed by atoms with Crippen molar-refractivity contribution in [3.05, 3.63) is 28.2 Å². The summed E-state index contributed by atoms with van der Waals surface area (Å²) in [6.45, 7) is 5.66. The van der Waals surface area contributed by atoms with E-state index >= 15 is 0 Å². The normalized spacial score (nSPS) is 18.3. The fourth-order valence-electron chi connectivity index (χ4n) is 2.07. The Morgan fingerprint density at radius 1 is 1.24 bits per heavy atom. The van der Waals surface area contributed by atoms with Crippen LogP contribution in [0.4, 0.5) is 0 Å². The van der Waals surface area contributed by atoms with E-state index < -0.39 is 0 Å². The van der Waals surface area contributed by atoms with Gasteiger partial charge in [-0.3, -0.25) is 4.90 Å². The van der Waals surface area contributed by atoms with Gasteiger partial charge in [-0.15, -0.1) is 0 Å². The van der Waals surface area contributed by atoms with Gasteiger partial charge >= 0.3 is 0 Å².